The van der Waals surface area contributed by atoms with Crippen LogP contribution >= 0.6 is 11.3 Å². The molecule has 2 nitrogen and oxygen atoms in total. The number of benzene rings is 1. The molecule has 0 aliphatic rings. The van der Waals surface area contributed by atoms with Crippen molar-refractivity contribution in [2.45, 2.75) is 25.4 Å². The molecule has 19 heavy (non-hydrogen) atoms. The molecule has 0 fully saturated rings. The van der Waals surface area contributed by atoms with Gasteiger partial charge in [-0.2, -0.15) is 0 Å². The molecular weight excluding hydrogens is 263 g/mol. The third kappa shape index (κ3) is 3.78. The topological polar surface area (TPSA) is 29.5 Å². The van der Waals surface area contributed by atoms with Crippen LogP contribution in [0, 0.1) is 5.82 Å². The zero-order chi connectivity index (χ0) is 13.7. The number of aryl methyl sites for hydroxylation is 1. The summed E-state index contributed by atoms with van der Waals surface area (Å²) < 4.78 is 18.7. The van der Waals surface area contributed by atoms with Crippen LogP contribution in [0.4, 0.5) is 4.39 Å². The Kier molecular flexibility index (Phi) is 4.93. The molecule has 0 radical (unpaired) electrons. The fourth-order valence-corrected chi connectivity index (χ4v) is 2.74. The van der Waals surface area contributed by atoms with Gasteiger partial charge in [0.15, 0.2) is 0 Å². The van der Waals surface area contributed by atoms with Gasteiger partial charge in [0.05, 0.1) is 13.2 Å². The van der Waals surface area contributed by atoms with Gasteiger partial charge in [-0.15, -0.1) is 11.3 Å². The van der Waals surface area contributed by atoms with Crippen LogP contribution in [0.5, 0.6) is 5.75 Å². The second kappa shape index (κ2) is 6.68. The summed E-state index contributed by atoms with van der Waals surface area (Å²) in [5.74, 6) is 0.0509. The molecule has 0 bridgehead atoms. The minimum atomic E-state index is -0.758. The molecule has 0 amide bonds. The molecule has 0 aliphatic heterocycles. The van der Waals surface area contributed by atoms with Crippen molar-refractivity contribution in [2.24, 2.45) is 0 Å². The summed E-state index contributed by atoms with van der Waals surface area (Å²) in [6.07, 6.45) is 1.56. The second-order valence-electron chi connectivity index (χ2n) is 4.37. The zero-order valence-electron chi connectivity index (χ0n) is 10.8. The third-order valence-electron chi connectivity index (χ3n) is 3.05. The SMILES string of the molecule is COc1ccc(C(O)CCCc2cccs2)c(F)c1. The Balaban J connectivity index is 1.90. The molecule has 0 aliphatic carbocycles. The zero-order valence-corrected chi connectivity index (χ0v) is 11.6. The van der Waals surface area contributed by atoms with Crippen molar-refractivity contribution in [3.8, 4) is 5.75 Å². The summed E-state index contributed by atoms with van der Waals surface area (Å²) in [6.45, 7) is 0. The Hall–Kier alpha value is -1.39. The van der Waals surface area contributed by atoms with Gasteiger partial charge < -0.3 is 9.84 Å². The standard InChI is InChI=1S/C15H17FO2S/c1-18-11-7-8-13(14(16)10-11)15(17)6-2-4-12-5-3-9-19-12/h3,5,7-10,15,17H,2,4,6H2,1H3. The van der Waals surface area contributed by atoms with Gasteiger partial charge in [0.2, 0.25) is 0 Å². The van der Waals surface area contributed by atoms with Crippen LogP contribution in [0.25, 0.3) is 0 Å². The van der Waals surface area contributed by atoms with Gasteiger partial charge in [-0.05, 0) is 42.8 Å². The highest BCUT2D eigenvalue weighted by molar-refractivity contribution is 7.09. The Labute approximate surface area is 116 Å². The molecule has 2 aromatic rings. The Morgan fingerprint density at radius 3 is 2.84 bits per heavy atom. The first-order valence-corrected chi connectivity index (χ1v) is 7.12. The maximum Gasteiger partial charge on any atom is 0.132 e. The highest BCUT2D eigenvalue weighted by atomic mass is 32.1. The van der Waals surface area contributed by atoms with Gasteiger partial charge in [0.1, 0.15) is 11.6 Å². The van der Waals surface area contributed by atoms with E-state index in [4.69, 9.17) is 4.74 Å². The molecule has 2 rings (SSSR count). The summed E-state index contributed by atoms with van der Waals surface area (Å²) in [5, 5.41) is 12.1. The molecule has 0 spiro atoms. The van der Waals surface area contributed by atoms with E-state index in [1.54, 1.807) is 23.5 Å². The van der Waals surface area contributed by atoms with E-state index in [2.05, 4.69) is 6.07 Å². The van der Waals surface area contributed by atoms with E-state index in [1.807, 2.05) is 11.4 Å². The molecule has 4 heteroatoms. The van der Waals surface area contributed by atoms with Gasteiger partial charge in [-0.1, -0.05) is 6.07 Å². The van der Waals surface area contributed by atoms with Crippen molar-refractivity contribution >= 4 is 11.3 Å². The average molecular weight is 280 g/mol. The Bertz CT molecular complexity index is 511. The van der Waals surface area contributed by atoms with E-state index < -0.39 is 11.9 Å². The maximum absolute atomic E-state index is 13.8. The molecule has 1 N–H and O–H groups in total. The van der Waals surface area contributed by atoms with Crippen molar-refractivity contribution in [2.75, 3.05) is 7.11 Å². The van der Waals surface area contributed by atoms with Gasteiger partial charge in [0, 0.05) is 16.5 Å². The number of hydrogen-bond acceptors (Lipinski definition) is 3. The number of hydrogen-bond donors (Lipinski definition) is 1. The Morgan fingerprint density at radius 1 is 1.37 bits per heavy atom. The summed E-state index contributed by atoms with van der Waals surface area (Å²) in [4.78, 5) is 1.29. The van der Waals surface area contributed by atoms with E-state index in [9.17, 15) is 9.50 Å². The van der Waals surface area contributed by atoms with E-state index in [-0.39, 0.29) is 0 Å². The summed E-state index contributed by atoms with van der Waals surface area (Å²) >= 11 is 1.71. The first kappa shape index (κ1) is 14.0. The van der Waals surface area contributed by atoms with E-state index in [0.717, 1.165) is 12.8 Å². The predicted molar refractivity (Wildman–Crippen MR) is 75.2 cm³/mol. The molecular formula is C15H17FO2S. The molecule has 1 aromatic heterocycles. The van der Waals surface area contributed by atoms with Crippen molar-refractivity contribution < 1.29 is 14.2 Å². The number of ether oxygens (including phenoxy) is 1. The van der Waals surface area contributed by atoms with Gasteiger partial charge in [-0.3, -0.25) is 0 Å². The van der Waals surface area contributed by atoms with E-state index in [1.165, 1.54) is 18.1 Å². The number of aliphatic hydroxyl groups excluding tert-OH is 1. The van der Waals surface area contributed by atoms with Crippen molar-refractivity contribution in [1.29, 1.82) is 0 Å². The van der Waals surface area contributed by atoms with Crippen LogP contribution < -0.4 is 4.74 Å². The fraction of sp³-hybridized carbons (Fsp3) is 0.333. The van der Waals surface area contributed by atoms with Crippen molar-refractivity contribution in [3.63, 3.8) is 0 Å². The lowest BCUT2D eigenvalue weighted by molar-refractivity contribution is 0.160. The summed E-state index contributed by atoms with van der Waals surface area (Å²) in [6, 6.07) is 8.65. The van der Waals surface area contributed by atoms with E-state index in [0.29, 0.717) is 17.7 Å². The van der Waals surface area contributed by atoms with Crippen LogP contribution in [0.3, 0.4) is 0 Å². The number of thiophene rings is 1. The fourth-order valence-electron chi connectivity index (χ4n) is 1.99. The molecule has 0 saturated carbocycles. The highest BCUT2D eigenvalue weighted by Crippen LogP contribution is 2.25. The third-order valence-corrected chi connectivity index (χ3v) is 3.98. The monoisotopic (exact) mass is 280 g/mol. The van der Waals surface area contributed by atoms with Crippen LogP contribution in [0.2, 0.25) is 0 Å². The molecule has 102 valence electrons. The van der Waals surface area contributed by atoms with Gasteiger partial charge in [-0.25, -0.2) is 4.39 Å². The molecule has 1 unspecified atom stereocenters. The average Bonchev–Trinajstić information content (AvgIpc) is 2.91. The van der Waals surface area contributed by atoms with Crippen LogP contribution in [-0.4, -0.2) is 12.2 Å². The van der Waals surface area contributed by atoms with Gasteiger partial charge in [0.25, 0.3) is 0 Å². The van der Waals surface area contributed by atoms with Crippen LogP contribution in [-0.2, 0) is 6.42 Å². The molecule has 1 heterocycles. The first-order valence-electron chi connectivity index (χ1n) is 6.24. The van der Waals surface area contributed by atoms with Gasteiger partial charge >= 0.3 is 0 Å². The van der Waals surface area contributed by atoms with Crippen molar-refractivity contribution in [3.05, 3.63) is 52.0 Å². The summed E-state index contributed by atoms with van der Waals surface area (Å²) in [5.41, 5.74) is 0.340. The largest absolute Gasteiger partial charge is 0.497 e. The smallest absolute Gasteiger partial charge is 0.132 e. The predicted octanol–water partition coefficient (Wildman–Crippen LogP) is 3.95. The maximum atomic E-state index is 13.8. The lowest BCUT2D eigenvalue weighted by Crippen LogP contribution is -2.01. The number of rotatable bonds is 6. The van der Waals surface area contributed by atoms with Crippen molar-refractivity contribution in [1.82, 2.24) is 0 Å². The number of methoxy groups -OCH3 is 1. The lowest BCUT2D eigenvalue weighted by Gasteiger charge is -2.12. The second-order valence-corrected chi connectivity index (χ2v) is 5.41. The quantitative estimate of drug-likeness (QED) is 0.868. The van der Waals surface area contributed by atoms with E-state index >= 15 is 0 Å². The first-order chi connectivity index (χ1) is 9.20. The number of aliphatic hydroxyl groups is 1. The van der Waals surface area contributed by atoms with Crippen LogP contribution in [0.1, 0.15) is 29.4 Å². The Morgan fingerprint density at radius 2 is 2.21 bits per heavy atom. The van der Waals surface area contributed by atoms with Crippen LogP contribution in [0.15, 0.2) is 35.7 Å². The molecule has 0 saturated heterocycles. The minimum absolute atomic E-state index is 0.340. The summed E-state index contributed by atoms with van der Waals surface area (Å²) in [7, 11) is 1.49. The minimum Gasteiger partial charge on any atom is -0.497 e. The molecule has 1 aromatic carbocycles. The highest BCUT2D eigenvalue weighted by Gasteiger charge is 2.13. The lowest BCUT2D eigenvalue weighted by atomic mass is 10.0. The molecule has 1 atom stereocenters. The number of halogens is 1. The normalized spacial score (nSPS) is 12.4.